The van der Waals surface area contributed by atoms with Crippen molar-refractivity contribution in [1.29, 1.82) is 0 Å². The van der Waals surface area contributed by atoms with E-state index in [9.17, 15) is 23.6 Å². The molecule has 0 saturated carbocycles. The fourth-order valence-electron chi connectivity index (χ4n) is 3.11. The molecule has 2 aromatic carbocycles. The number of imide groups is 1. The lowest BCUT2D eigenvalue weighted by atomic mass is 10.1. The van der Waals surface area contributed by atoms with Gasteiger partial charge in [-0.3, -0.25) is 19.3 Å². The molecule has 12 heteroatoms. The summed E-state index contributed by atoms with van der Waals surface area (Å²) in [5.41, 5.74) is 0.632. The highest BCUT2D eigenvalue weighted by Gasteiger charge is 2.36. The summed E-state index contributed by atoms with van der Waals surface area (Å²) in [6.07, 6.45) is 1.43. The van der Waals surface area contributed by atoms with Gasteiger partial charge in [-0.2, -0.15) is 0 Å². The normalized spacial score (nSPS) is 14.2. The van der Waals surface area contributed by atoms with Crippen molar-refractivity contribution in [3.63, 3.8) is 0 Å². The lowest BCUT2D eigenvalue weighted by molar-refractivity contribution is -0.145. The second-order valence-electron chi connectivity index (χ2n) is 7.18. The largest absolute Gasteiger partial charge is 0.490 e. The summed E-state index contributed by atoms with van der Waals surface area (Å²) < 4.78 is 29.2. The molecule has 0 unspecified atom stereocenters. The van der Waals surface area contributed by atoms with Crippen molar-refractivity contribution in [3.8, 4) is 11.5 Å². The van der Waals surface area contributed by atoms with Gasteiger partial charge >= 0.3 is 5.97 Å². The third-order valence-electron chi connectivity index (χ3n) is 4.55. The zero-order chi connectivity index (χ0) is 26.2. The molecule has 36 heavy (non-hydrogen) atoms. The number of hydrogen-bond donors (Lipinski definition) is 1. The van der Waals surface area contributed by atoms with E-state index in [4.69, 9.17) is 25.8 Å². The van der Waals surface area contributed by atoms with E-state index in [1.165, 1.54) is 30.3 Å². The lowest BCUT2D eigenvalue weighted by Crippen LogP contribution is -2.36. The van der Waals surface area contributed by atoms with Crippen molar-refractivity contribution in [3.05, 3.63) is 57.7 Å². The number of anilines is 1. The molecule has 3 rings (SSSR count). The molecule has 0 aromatic heterocycles. The Morgan fingerprint density at radius 1 is 1.14 bits per heavy atom. The van der Waals surface area contributed by atoms with Crippen LogP contribution in [0.3, 0.4) is 0 Å². The van der Waals surface area contributed by atoms with E-state index >= 15 is 0 Å². The monoisotopic (exact) mass is 536 g/mol. The topological polar surface area (TPSA) is 111 Å². The van der Waals surface area contributed by atoms with Crippen molar-refractivity contribution in [1.82, 2.24) is 4.90 Å². The van der Waals surface area contributed by atoms with E-state index in [0.29, 0.717) is 17.3 Å². The van der Waals surface area contributed by atoms with Crippen molar-refractivity contribution < 1.29 is 37.8 Å². The molecule has 190 valence electrons. The van der Waals surface area contributed by atoms with Crippen LogP contribution in [-0.4, -0.2) is 54.3 Å². The predicted octanol–water partition coefficient (Wildman–Crippen LogP) is 4.49. The van der Waals surface area contributed by atoms with Crippen LogP contribution in [0.15, 0.2) is 41.3 Å². The minimum atomic E-state index is -0.670. The number of hydrogen-bond acceptors (Lipinski definition) is 8. The van der Waals surface area contributed by atoms with Crippen LogP contribution in [0.25, 0.3) is 6.08 Å². The molecule has 1 N–H and O–H groups in total. The number of esters is 1. The van der Waals surface area contributed by atoms with Crippen LogP contribution in [0.5, 0.6) is 11.5 Å². The van der Waals surface area contributed by atoms with E-state index in [-0.39, 0.29) is 46.9 Å². The highest BCUT2D eigenvalue weighted by atomic mass is 35.5. The summed E-state index contributed by atoms with van der Waals surface area (Å²) >= 11 is 6.99. The maximum Gasteiger partial charge on any atom is 0.344 e. The fourth-order valence-corrected chi connectivity index (χ4v) is 4.22. The van der Waals surface area contributed by atoms with Crippen LogP contribution in [0.4, 0.5) is 14.9 Å². The summed E-state index contributed by atoms with van der Waals surface area (Å²) in [5.74, 6) is -2.08. The van der Waals surface area contributed by atoms with Gasteiger partial charge in [0.25, 0.3) is 11.1 Å². The van der Waals surface area contributed by atoms with Crippen LogP contribution in [0.1, 0.15) is 19.4 Å². The average molecular weight is 537 g/mol. The number of ether oxygens (including phenoxy) is 3. The third kappa shape index (κ3) is 6.98. The van der Waals surface area contributed by atoms with Gasteiger partial charge in [-0.25, -0.2) is 9.18 Å². The molecule has 0 aliphatic carbocycles. The number of benzene rings is 2. The third-order valence-corrected chi connectivity index (χ3v) is 5.74. The predicted molar refractivity (Wildman–Crippen MR) is 132 cm³/mol. The molecular formula is C24H22ClFN2O7S. The summed E-state index contributed by atoms with van der Waals surface area (Å²) in [5, 5.41) is 1.93. The first kappa shape index (κ1) is 27.0. The summed E-state index contributed by atoms with van der Waals surface area (Å²) in [6.45, 7) is 2.98. The van der Waals surface area contributed by atoms with Gasteiger partial charge < -0.3 is 19.5 Å². The van der Waals surface area contributed by atoms with Gasteiger partial charge in [-0.05, 0) is 67.6 Å². The molecule has 3 amide bonds. The molecule has 0 spiro atoms. The maximum atomic E-state index is 13.3. The van der Waals surface area contributed by atoms with Crippen LogP contribution in [-0.2, 0) is 19.1 Å². The fraction of sp³-hybridized carbons (Fsp3) is 0.250. The Balaban J connectivity index is 1.75. The molecule has 1 fully saturated rings. The summed E-state index contributed by atoms with van der Waals surface area (Å²) in [4.78, 5) is 50.0. The second-order valence-corrected chi connectivity index (χ2v) is 8.58. The lowest BCUT2D eigenvalue weighted by Gasteiger charge is -2.14. The molecule has 0 atom stereocenters. The van der Waals surface area contributed by atoms with Crippen LogP contribution in [0.2, 0.25) is 5.02 Å². The molecule has 1 heterocycles. The Morgan fingerprint density at radius 2 is 1.92 bits per heavy atom. The Kier molecular flexibility index (Phi) is 9.31. The minimum Gasteiger partial charge on any atom is -0.490 e. The molecule has 0 radical (unpaired) electrons. The summed E-state index contributed by atoms with van der Waals surface area (Å²) in [7, 11) is 0. The number of rotatable bonds is 10. The van der Waals surface area contributed by atoms with E-state index < -0.39 is 35.4 Å². The summed E-state index contributed by atoms with van der Waals surface area (Å²) in [6, 6.07) is 8.26. The van der Waals surface area contributed by atoms with Crippen LogP contribution < -0.4 is 14.8 Å². The molecule has 0 bridgehead atoms. The first-order chi connectivity index (χ1) is 17.2. The second kappa shape index (κ2) is 12.4. The van der Waals surface area contributed by atoms with Gasteiger partial charge in [0.1, 0.15) is 12.4 Å². The van der Waals surface area contributed by atoms with E-state index in [1.54, 1.807) is 19.9 Å². The Bertz CT molecular complexity index is 1220. The standard InChI is InChI=1S/C24H22ClFN2O7S/c1-3-33-18-9-14(8-17(25)22(18)35-13-21(30)34-4-2)10-19-23(31)28(24(32)36-19)12-20(29)27-16-7-5-6-15(26)11-16/h5-11H,3-4,12-13H2,1-2H3,(H,27,29)/b19-10+. The van der Waals surface area contributed by atoms with Gasteiger partial charge in [0.2, 0.25) is 5.91 Å². The van der Waals surface area contributed by atoms with Crippen molar-refractivity contribution in [2.75, 3.05) is 31.7 Å². The quantitative estimate of drug-likeness (QED) is 0.349. The average Bonchev–Trinajstić information content (AvgIpc) is 3.06. The van der Waals surface area contributed by atoms with Gasteiger partial charge in [-0.1, -0.05) is 17.7 Å². The van der Waals surface area contributed by atoms with E-state index in [1.807, 2.05) is 0 Å². The number of amides is 3. The zero-order valence-corrected chi connectivity index (χ0v) is 20.9. The van der Waals surface area contributed by atoms with E-state index in [2.05, 4.69) is 5.32 Å². The molecule has 9 nitrogen and oxygen atoms in total. The van der Waals surface area contributed by atoms with Crippen molar-refractivity contribution >= 4 is 58.1 Å². The SMILES string of the molecule is CCOC(=O)COc1c(Cl)cc(/C=C2/SC(=O)N(CC(=O)Nc3cccc(F)c3)C2=O)cc1OCC. The van der Waals surface area contributed by atoms with Gasteiger partial charge in [0.15, 0.2) is 18.1 Å². The van der Waals surface area contributed by atoms with Crippen LogP contribution >= 0.6 is 23.4 Å². The Morgan fingerprint density at radius 3 is 2.61 bits per heavy atom. The van der Waals surface area contributed by atoms with Gasteiger partial charge in [0.05, 0.1) is 23.1 Å². The zero-order valence-electron chi connectivity index (χ0n) is 19.3. The number of nitrogens with one attached hydrogen (secondary N) is 1. The molecule has 2 aromatic rings. The number of carbonyl (C=O) groups is 4. The maximum absolute atomic E-state index is 13.3. The van der Waals surface area contributed by atoms with Crippen LogP contribution in [0, 0.1) is 5.82 Å². The van der Waals surface area contributed by atoms with Gasteiger partial charge in [-0.15, -0.1) is 0 Å². The number of thioether (sulfide) groups is 1. The first-order valence-corrected chi connectivity index (χ1v) is 12.0. The number of nitrogens with zero attached hydrogens (tertiary/aromatic N) is 1. The highest BCUT2D eigenvalue weighted by Crippen LogP contribution is 2.39. The minimum absolute atomic E-state index is 0.0669. The smallest absolute Gasteiger partial charge is 0.344 e. The van der Waals surface area contributed by atoms with E-state index in [0.717, 1.165) is 11.0 Å². The Labute approximate surface area is 215 Å². The highest BCUT2D eigenvalue weighted by molar-refractivity contribution is 8.18. The first-order valence-electron chi connectivity index (χ1n) is 10.8. The number of carbonyl (C=O) groups excluding carboxylic acids is 4. The molecule has 1 aliphatic rings. The molecular weight excluding hydrogens is 515 g/mol. The van der Waals surface area contributed by atoms with Gasteiger partial charge in [0, 0.05) is 5.69 Å². The Hall–Kier alpha value is -3.57. The number of halogens is 2. The molecule has 1 saturated heterocycles. The molecule has 1 aliphatic heterocycles. The van der Waals surface area contributed by atoms with Crippen molar-refractivity contribution in [2.45, 2.75) is 13.8 Å². The van der Waals surface area contributed by atoms with Crippen molar-refractivity contribution in [2.24, 2.45) is 0 Å².